The van der Waals surface area contributed by atoms with E-state index in [-0.39, 0.29) is 5.41 Å². The first-order valence-electron chi connectivity index (χ1n) is 16.4. The van der Waals surface area contributed by atoms with Gasteiger partial charge in [0.05, 0.1) is 11.0 Å². The fourth-order valence-corrected chi connectivity index (χ4v) is 8.75. The Balaban J connectivity index is 1.24. The summed E-state index contributed by atoms with van der Waals surface area (Å²) in [6.07, 6.45) is 0. The van der Waals surface area contributed by atoms with Crippen LogP contribution in [0.15, 0.2) is 144 Å². The maximum atomic E-state index is 6.55. The van der Waals surface area contributed by atoms with Crippen LogP contribution >= 0.6 is 0 Å². The minimum atomic E-state index is -0.0697. The highest BCUT2D eigenvalue weighted by Crippen LogP contribution is 2.51. The molecule has 8 aromatic carbocycles. The largest absolute Gasteiger partial charge is 0.456 e. The second kappa shape index (κ2) is 8.69. The molecule has 1 aliphatic rings. The number of hydrogen-bond acceptors (Lipinski definition) is 1. The smallest absolute Gasteiger partial charge is 0.136 e. The molecule has 10 aromatic rings. The van der Waals surface area contributed by atoms with Gasteiger partial charge in [-0.3, -0.25) is 0 Å². The quantitative estimate of drug-likeness (QED) is 0.181. The van der Waals surface area contributed by atoms with E-state index in [2.05, 4.69) is 158 Å². The molecule has 0 saturated carbocycles. The summed E-state index contributed by atoms with van der Waals surface area (Å²) in [5.41, 5.74) is 13.3. The first kappa shape index (κ1) is 25.3. The van der Waals surface area contributed by atoms with E-state index in [1.54, 1.807) is 0 Å². The highest BCUT2D eigenvalue weighted by atomic mass is 16.3. The Morgan fingerprint density at radius 1 is 0.447 bits per heavy atom. The molecule has 0 fully saturated rings. The van der Waals surface area contributed by atoms with Gasteiger partial charge in [-0.05, 0) is 103 Å². The highest BCUT2D eigenvalue weighted by Gasteiger charge is 2.36. The van der Waals surface area contributed by atoms with Crippen LogP contribution < -0.4 is 0 Å². The number of rotatable bonds is 2. The van der Waals surface area contributed by atoms with E-state index < -0.39 is 0 Å². The van der Waals surface area contributed by atoms with Crippen molar-refractivity contribution in [3.63, 3.8) is 0 Å². The van der Waals surface area contributed by atoms with Crippen LogP contribution in [0.1, 0.15) is 25.0 Å². The SMILES string of the molecule is CC1(C)c2ccccc2-c2cc3c4ccccc4n(-c4ccc5c(c4)c4cccc6oc7cc(-c8ccccc8)cc5c7c64)c3cc21. The lowest BCUT2D eigenvalue weighted by atomic mass is 9.82. The highest BCUT2D eigenvalue weighted by molar-refractivity contribution is 6.33. The summed E-state index contributed by atoms with van der Waals surface area (Å²) in [6.45, 7) is 4.73. The van der Waals surface area contributed by atoms with Crippen molar-refractivity contribution in [2.24, 2.45) is 0 Å². The molecule has 0 radical (unpaired) electrons. The van der Waals surface area contributed by atoms with Crippen LogP contribution in [-0.4, -0.2) is 4.57 Å². The summed E-state index contributed by atoms with van der Waals surface area (Å²) in [6, 6.07) is 51.4. The maximum absolute atomic E-state index is 6.55. The maximum Gasteiger partial charge on any atom is 0.136 e. The monoisotopic (exact) mass is 599 g/mol. The average molecular weight is 600 g/mol. The van der Waals surface area contributed by atoms with Crippen LogP contribution in [0.25, 0.3) is 93.2 Å². The van der Waals surface area contributed by atoms with Crippen molar-refractivity contribution in [3.8, 4) is 27.9 Å². The predicted molar refractivity (Wildman–Crippen MR) is 197 cm³/mol. The zero-order valence-corrected chi connectivity index (χ0v) is 26.1. The van der Waals surface area contributed by atoms with Crippen LogP contribution in [-0.2, 0) is 5.41 Å². The fourth-order valence-electron chi connectivity index (χ4n) is 8.75. The Labute approximate surface area is 271 Å². The van der Waals surface area contributed by atoms with Crippen LogP contribution in [0, 0.1) is 0 Å². The summed E-state index contributed by atoms with van der Waals surface area (Å²) < 4.78 is 9.03. The first-order chi connectivity index (χ1) is 23.1. The van der Waals surface area contributed by atoms with E-state index >= 15 is 0 Å². The van der Waals surface area contributed by atoms with Gasteiger partial charge in [-0.25, -0.2) is 0 Å². The second-order valence-electron chi connectivity index (χ2n) is 13.7. The molecule has 2 heteroatoms. The van der Waals surface area contributed by atoms with Gasteiger partial charge < -0.3 is 8.98 Å². The first-order valence-corrected chi connectivity index (χ1v) is 16.4. The summed E-state index contributed by atoms with van der Waals surface area (Å²) >= 11 is 0. The van der Waals surface area contributed by atoms with Crippen LogP contribution in [0.2, 0.25) is 0 Å². The molecule has 0 spiro atoms. The Kier molecular flexibility index (Phi) is 4.68. The Morgan fingerprint density at radius 3 is 2.15 bits per heavy atom. The summed E-state index contributed by atoms with van der Waals surface area (Å²) in [5.74, 6) is 0. The Bertz CT molecular complexity index is 2920. The van der Waals surface area contributed by atoms with E-state index in [1.165, 1.54) is 93.2 Å². The van der Waals surface area contributed by atoms with Crippen LogP contribution in [0.4, 0.5) is 0 Å². The summed E-state index contributed by atoms with van der Waals surface area (Å²) in [5, 5.41) is 9.95. The zero-order chi connectivity index (χ0) is 31.0. The third-order valence-electron chi connectivity index (χ3n) is 10.9. The topological polar surface area (TPSA) is 18.1 Å². The minimum Gasteiger partial charge on any atom is -0.456 e. The number of para-hydroxylation sites is 1. The number of aromatic nitrogens is 1. The van der Waals surface area contributed by atoms with Gasteiger partial charge in [0, 0.05) is 32.6 Å². The van der Waals surface area contributed by atoms with E-state index in [1.807, 2.05) is 0 Å². The number of furan rings is 1. The van der Waals surface area contributed by atoms with Crippen LogP contribution in [0.3, 0.4) is 0 Å². The third kappa shape index (κ3) is 3.20. The normalized spacial score (nSPS) is 13.9. The molecule has 11 rings (SSSR count). The molecule has 0 unspecified atom stereocenters. The molecule has 0 bridgehead atoms. The van der Waals surface area contributed by atoms with E-state index in [9.17, 15) is 0 Å². The van der Waals surface area contributed by atoms with Gasteiger partial charge in [-0.1, -0.05) is 105 Å². The standard InChI is InChI=1S/C45H29NO/c1-45(2)37-16-8-6-13-30(37)34-24-35-31-14-7-9-17-39(31)46(40(35)25-38(34)45)28-19-20-29-33(23-28)32-15-10-18-41-43(32)44-36(29)21-27(22-42(44)47-41)26-11-4-3-5-12-26/h3-25H,1-2H3. The van der Waals surface area contributed by atoms with Crippen molar-refractivity contribution in [1.29, 1.82) is 0 Å². The number of benzene rings is 8. The molecule has 0 saturated heterocycles. The molecule has 2 nitrogen and oxygen atoms in total. The van der Waals surface area contributed by atoms with Crippen molar-refractivity contribution < 1.29 is 4.42 Å². The van der Waals surface area contributed by atoms with Gasteiger partial charge in [0.15, 0.2) is 0 Å². The number of fused-ring (bicyclic) bond motifs is 9. The molecule has 2 heterocycles. The van der Waals surface area contributed by atoms with Crippen molar-refractivity contribution >= 4 is 65.3 Å². The molecule has 0 amide bonds. The fraction of sp³-hybridized carbons (Fsp3) is 0.0667. The Morgan fingerprint density at radius 2 is 1.23 bits per heavy atom. The number of hydrogen-bond donors (Lipinski definition) is 0. The third-order valence-corrected chi connectivity index (χ3v) is 10.9. The van der Waals surface area contributed by atoms with Crippen molar-refractivity contribution in [3.05, 3.63) is 151 Å². The lowest BCUT2D eigenvalue weighted by molar-refractivity contribution is 0.661. The second-order valence-corrected chi connectivity index (χ2v) is 13.7. The van der Waals surface area contributed by atoms with Crippen molar-refractivity contribution in [1.82, 2.24) is 4.57 Å². The average Bonchev–Trinajstić information content (AvgIpc) is 3.73. The molecule has 0 N–H and O–H groups in total. The van der Waals surface area contributed by atoms with Crippen LogP contribution in [0.5, 0.6) is 0 Å². The molecule has 0 atom stereocenters. The van der Waals surface area contributed by atoms with Gasteiger partial charge in [0.1, 0.15) is 11.2 Å². The van der Waals surface area contributed by atoms with Gasteiger partial charge in [-0.2, -0.15) is 0 Å². The van der Waals surface area contributed by atoms with Gasteiger partial charge in [0.2, 0.25) is 0 Å². The summed E-state index contributed by atoms with van der Waals surface area (Å²) in [4.78, 5) is 0. The van der Waals surface area contributed by atoms with E-state index in [4.69, 9.17) is 4.42 Å². The zero-order valence-electron chi connectivity index (χ0n) is 26.1. The lowest BCUT2D eigenvalue weighted by Crippen LogP contribution is -2.14. The molecular formula is C45H29NO. The number of nitrogens with zero attached hydrogens (tertiary/aromatic N) is 1. The van der Waals surface area contributed by atoms with Gasteiger partial charge in [-0.15, -0.1) is 0 Å². The molecule has 2 aromatic heterocycles. The minimum absolute atomic E-state index is 0.0697. The molecule has 220 valence electrons. The van der Waals surface area contributed by atoms with E-state index in [0.29, 0.717) is 0 Å². The Hall–Kier alpha value is -5.86. The van der Waals surface area contributed by atoms with Crippen molar-refractivity contribution in [2.45, 2.75) is 19.3 Å². The molecule has 1 aliphatic carbocycles. The molecule has 0 aliphatic heterocycles. The predicted octanol–water partition coefficient (Wildman–Crippen LogP) is 12.4. The molecule has 47 heavy (non-hydrogen) atoms. The summed E-state index contributed by atoms with van der Waals surface area (Å²) in [7, 11) is 0. The van der Waals surface area contributed by atoms with Gasteiger partial charge >= 0.3 is 0 Å². The van der Waals surface area contributed by atoms with Crippen molar-refractivity contribution in [2.75, 3.05) is 0 Å². The molecular weight excluding hydrogens is 571 g/mol. The van der Waals surface area contributed by atoms with E-state index in [0.717, 1.165) is 11.2 Å². The van der Waals surface area contributed by atoms with Gasteiger partial charge in [0.25, 0.3) is 0 Å². The lowest BCUT2D eigenvalue weighted by Gasteiger charge is -2.21.